The maximum absolute atomic E-state index is 11.6. The van der Waals surface area contributed by atoms with Crippen molar-refractivity contribution in [3.8, 4) is 0 Å². The van der Waals surface area contributed by atoms with Crippen LogP contribution in [-0.4, -0.2) is 23.1 Å². The first-order chi connectivity index (χ1) is 8.90. The zero-order valence-electron chi connectivity index (χ0n) is 12.5. The largest absolute Gasteiger partial charge is 0.356 e. The first-order valence-electron chi connectivity index (χ1n) is 7.25. The van der Waals surface area contributed by atoms with Crippen molar-refractivity contribution in [1.82, 2.24) is 9.97 Å². The van der Waals surface area contributed by atoms with Gasteiger partial charge in [0.25, 0.3) is 5.56 Å². The van der Waals surface area contributed by atoms with Crippen molar-refractivity contribution in [2.45, 2.75) is 47.0 Å². The summed E-state index contributed by atoms with van der Waals surface area (Å²) >= 11 is 0. The Hall–Kier alpha value is -1.32. The molecule has 4 nitrogen and oxygen atoms in total. The summed E-state index contributed by atoms with van der Waals surface area (Å²) in [7, 11) is 0. The molecule has 0 atom stereocenters. The smallest absolute Gasteiger partial charge is 0.252 e. The number of aryl methyl sites for hydroxylation is 1. The summed E-state index contributed by atoms with van der Waals surface area (Å²) in [6.45, 7) is 11.0. The van der Waals surface area contributed by atoms with Crippen LogP contribution < -0.4 is 10.5 Å². The quantitative estimate of drug-likeness (QED) is 0.892. The summed E-state index contributed by atoms with van der Waals surface area (Å²) in [6, 6.07) is 1.62. The second-order valence-corrected chi connectivity index (χ2v) is 6.53. The van der Waals surface area contributed by atoms with Crippen LogP contribution in [0.3, 0.4) is 0 Å². The standard InChI is InChI=1S/C15H25N3O/c1-5-12-16-13(10-14(19)17-12)18-8-6-11(7-9-18)15(2,3)4/h10-11H,5-9H2,1-4H3,(H,16,17,19). The van der Waals surface area contributed by atoms with E-state index in [9.17, 15) is 4.79 Å². The molecule has 0 aliphatic carbocycles. The van der Waals surface area contributed by atoms with Crippen molar-refractivity contribution in [1.29, 1.82) is 0 Å². The average Bonchev–Trinajstić information content (AvgIpc) is 2.37. The highest BCUT2D eigenvalue weighted by Gasteiger charge is 2.29. The van der Waals surface area contributed by atoms with Crippen LogP contribution in [0.4, 0.5) is 5.82 Å². The second-order valence-electron chi connectivity index (χ2n) is 6.53. The van der Waals surface area contributed by atoms with Gasteiger partial charge in [-0.05, 0) is 24.2 Å². The van der Waals surface area contributed by atoms with Gasteiger partial charge >= 0.3 is 0 Å². The van der Waals surface area contributed by atoms with Crippen molar-refractivity contribution in [2.75, 3.05) is 18.0 Å². The Labute approximate surface area is 115 Å². The number of aromatic amines is 1. The van der Waals surface area contributed by atoms with Gasteiger partial charge in [-0.1, -0.05) is 27.7 Å². The average molecular weight is 263 g/mol. The molecule has 1 N–H and O–H groups in total. The topological polar surface area (TPSA) is 49.0 Å². The molecule has 4 heteroatoms. The van der Waals surface area contributed by atoms with Gasteiger partial charge in [0.05, 0.1) is 0 Å². The monoisotopic (exact) mass is 263 g/mol. The molecule has 19 heavy (non-hydrogen) atoms. The van der Waals surface area contributed by atoms with Crippen molar-refractivity contribution < 1.29 is 0 Å². The van der Waals surface area contributed by atoms with Gasteiger partial charge in [0, 0.05) is 25.6 Å². The van der Waals surface area contributed by atoms with E-state index < -0.39 is 0 Å². The molecular weight excluding hydrogens is 238 g/mol. The van der Waals surface area contributed by atoms with Crippen LogP contribution in [0.1, 0.15) is 46.4 Å². The Morgan fingerprint density at radius 1 is 1.37 bits per heavy atom. The maximum atomic E-state index is 11.6. The molecule has 1 fully saturated rings. The number of hydrogen-bond donors (Lipinski definition) is 1. The summed E-state index contributed by atoms with van der Waals surface area (Å²) in [4.78, 5) is 21.2. The normalized spacial score (nSPS) is 17.8. The first-order valence-corrected chi connectivity index (χ1v) is 7.25. The molecular formula is C15H25N3O. The molecule has 2 rings (SSSR count). The van der Waals surface area contributed by atoms with Gasteiger partial charge in [-0.2, -0.15) is 0 Å². The van der Waals surface area contributed by atoms with Crippen molar-refractivity contribution in [2.24, 2.45) is 11.3 Å². The van der Waals surface area contributed by atoms with Crippen LogP contribution in [0.15, 0.2) is 10.9 Å². The molecule has 0 amide bonds. The number of anilines is 1. The Morgan fingerprint density at radius 3 is 2.53 bits per heavy atom. The van der Waals surface area contributed by atoms with E-state index in [2.05, 4.69) is 35.6 Å². The predicted octanol–water partition coefficient (Wildman–Crippen LogP) is 2.59. The minimum Gasteiger partial charge on any atom is -0.356 e. The fourth-order valence-corrected chi connectivity index (χ4v) is 2.80. The van der Waals surface area contributed by atoms with Crippen LogP contribution in [-0.2, 0) is 6.42 Å². The van der Waals surface area contributed by atoms with Gasteiger partial charge < -0.3 is 9.88 Å². The zero-order chi connectivity index (χ0) is 14.0. The van der Waals surface area contributed by atoms with Crippen LogP contribution in [0.25, 0.3) is 0 Å². The fraction of sp³-hybridized carbons (Fsp3) is 0.733. The Kier molecular flexibility index (Phi) is 3.97. The van der Waals surface area contributed by atoms with Crippen LogP contribution in [0.5, 0.6) is 0 Å². The molecule has 1 aliphatic heterocycles. The Bertz CT molecular complexity index is 479. The highest BCUT2D eigenvalue weighted by molar-refractivity contribution is 5.38. The van der Waals surface area contributed by atoms with E-state index in [0.717, 1.165) is 37.1 Å². The molecule has 1 aromatic rings. The van der Waals surface area contributed by atoms with E-state index in [-0.39, 0.29) is 5.56 Å². The van der Waals surface area contributed by atoms with E-state index in [0.29, 0.717) is 5.41 Å². The molecule has 2 heterocycles. The lowest BCUT2D eigenvalue weighted by atomic mass is 9.75. The lowest BCUT2D eigenvalue weighted by molar-refractivity contribution is 0.198. The van der Waals surface area contributed by atoms with Crippen molar-refractivity contribution >= 4 is 5.82 Å². The Balaban J connectivity index is 2.09. The highest BCUT2D eigenvalue weighted by Crippen LogP contribution is 2.34. The number of nitrogens with zero attached hydrogens (tertiary/aromatic N) is 2. The van der Waals surface area contributed by atoms with E-state index in [4.69, 9.17) is 0 Å². The Morgan fingerprint density at radius 2 is 2.00 bits per heavy atom. The third-order valence-electron chi connectivity index (χ3n) is 4.16. The molecule has 0 unspecified atom stereocenters. The highest BCUT2D eigenvalue weighted by atomic mass is 16.1. The molecule has 106 valence electrons. The van der Waals surface area contributed by atoms with E-state index in [1.54, 1.807) is 6.07 Å². The number of hydrogen-bond acceptors (Lipinski definition) is 3. The third-order valence-corrected chi connectivity index (χ3v) is 4.16. The second kappa shape index (κ2) is 5.35. The van der Waals surface area contributed by atoms with Gasteiger partial charge in [0.2, 0.25) is 0 Å². The number of aromatic nitrogens is 2. The lowest BCUT2D eigenvalue weighted by Crippen LogP contribution is -2.39. The molecule has 0 bridgehead atoms. The first kappa shape index (κ1) is 14.1. The number of H-pyrrole nitrogens is 1. The van der Waals surface area contributed by atoms with Crippen LogP contribution in [0.2, 0.25) is 0 Å². The van der Waals surface area contributed by atoms with Gasteiger partial charge in [-0.25, -0.2) is 4.98 Å². The van der Waals surface area contributed by atoms with E-state index in [1.165, 1.54) is 12.8 Å². The molecule has 0 radical (unpaired) electrons. The summed E-state index contributed by atoms with van der Waals surface area (Å²) in [5.41, 5.74) is 0.335. The van der Waals surface area contributed by atoms with Crippen LogP contribution in [0, 0.1) is 11.3 Å². The number of nitrogens with one attached hydrogen (secondary N) is 1. The van der Waals surface area contributed by atoms with Crippen molar-refractivity contribution in [3.05, 3.63) is 22.2 Å². The predicted molar refractivity (Wildman–Crippen MR) is 78.6 cm³/mol. The molecule has 1 saturated heterocycles. The van der Waals surface area contributed by atoms with E-state index >= 15 is 0 Å². The molecule has 0 saturated carbocycles. The van der Waals surface area contributed by atoms with Gasteiger partial charge in [-0.15, -0.1) is 0 Å². The third kappa shape index (κ3) is 3.37. The fourth-order valence-electron chi connectivity index (χ4n) is 2.80. The summed E-state index contributed by atoms with van der Waals surface area (Å²) in [6.07, 6.45) is 3.13. The summed E-state index contributed by atoms with van der Waals surface area (Å²) in [5.74, 6) is 2.38. The zero-order valence-corrected chi connectivity index (χ0v) is 12.5. The number of piperidine rings is 1. The lowest BCUT2D eigenvalue weighted by Gasteiger charge is -2.39. The molecule has 0 aromatic carbocycles. The summed E-state index contributed by atoms with van der Waals surface area (Å²) in [5, 5.41) is 0. The minimum absolute atomic E-state index is 0.0419. The van der Waals surface area contributed by atoms with Crippen LogP contribution >= 0.6 is 0 Å². The SMILES string of the molecule is CCc1nc(N2CCC(C(C)(C)C)CC2)cc(=O)[nH]1. The maximum Gasteiger partial charge on any atom is 0.252 e. The number of rotatable bonds is 2. The molecule has 0 spiro atoms. The van der Waals surface area contributed by atoms with Gasteiger partial charge in [0.15, 0.2) is 0 Å². The minimum atomic E-state index is -0.0419. The van der Waals surface area contributed by atoms with Gasteiger partial charge in [0.1, 0.15) is 11.6 Å². The summed E-state index contributed by atoms with van der Waals surface area (Å²) < 4.78 is 0. The van der Waals surface area contributed by atoms with Gasteiger partial charge in [-0.3, -0.25) is 4.79 Å². The molecule has 1 aromatic heterocycles. The van der Waals surface area contributed by atoms with E-state index in [1.807, 2.05) is 6.92 Å². The molecule has 1 aliphatic rings. The van der Waals surface area contributed by atoms with Crippen molar-refractivity contribution in [3.63, 3.8) is 0 Å².